The van der Waals surface area contributed by atoms with Crippen molar-refractivity contribution in [2.75, 3.05) is 5.01 Å². The Morgan fingerprint density at radius 2 is 2.00 bits per heavy atom. The molecule has 2 rings (SSSR count). The van der Waals surface area contributed by atoms with E-state index < -0.39 is 17.4 Å². The van der Waals surface area contributed by atoms with E-state index in [1.165, 1.54) is 22.9 Å². The summed E-state index contributed by atoms with van der Waals surface area (Å²) in [4.78, 5) is 12.1. The van der Waals surface area contributed by atoms with Gasteiger partial charge in [-0.25, -0.2) is 9.47 Å². The maximum Gasteiger partial charge on any atom is 0.432 e. The molecule has 0 radical (unpaired) electrons. The summed E-state index contributed by atoms with van der Waals surface area (Å²) >= 11 is 0. The van der Waals surface area contributed by atoms with E-state index in [2.05, 4.69) is 16.3 Å². The Labute approximate surface area is 117 Å². The standard InChI is InChI=1S/C13H20N4O3/c1-10(2)6-5-7-12(3)13(4,19)17(11(18)20-12)16-8-14-15-9-16/h6,8-9,19H,5,7H2,1-4H3/t12-,13+/m1/s1. The molecule has 1 N–H and O–H groups in total. The quantitative estimate of drug-likeness (QED) is 0.847. The topological polar surface area (TPSA) is 80.5 Å². The van der Waals surface area contributed by atoms with Crippen molar-refractivity contribution >= 4 is 6.09 Å². The molecule has 1 aromatic heterocycles. The molecule has 1 fully saturated rings. The van der Waals surface area contributed by atoms with Gasteiger partial charge in [0.15, 0.2) is 5.60 Å². The Morgan fingerprint density at radius 1 is 1.40 bits per heavy atom. The average Bonchev–Trinajstić information content (AvgIpc) is 2.85. The molecule has 0 bridgehead atoms. The van der Waals surface area contributed by atoms with E-state index in [4.69, 9.17) is 4.74 Å². The first-order chi connectivity index (χ1) is 9.28. The van der Waals surface area contributed by atoms with E-state index in [9.17, 15) is 9.90 Å². The molecule has 2 atom stereocenters. The molecule has 1 aliphatic heterocycles. The number of nitrogens with zero attached hydrogens (tertiary/aromatic N) is 4. The number of rotatable bonds is 4. The summed E-state index contributed by atoms with van der Waals surface area (Å²) < 4.78 is 6.74. The number of aliphatic hydroxyl groups is 1. The van der Waals surface area contributed by atoms with Gasteiger partial charge < -0.3 is 9.84 Å². The lowest BCUT2D eigenvalue weighted by Gasteiger charge is -2.36. The predicted molar refractivity (Wildman–Crippen MR) is 72.4 cm³/mol. The minimum absolute atomic E-state index is 0.523. The fourth-order valence-electron chi connectivity index (χ4n) is 2.28. The first-order valence-electron chi connectivity index (χ1n) is 6.52. The van der Waals surface area contributed by atoms with E-state index in [1.54, 1.807) is 13.8 Å². The van der Waals surface area contributed by atoms with Crippen LogP contribution in [0.5, 0.6) is 0 Å². The third-order valence-electron chi connectivity index (χ3n) is 3.71. The minimum Gasteiger partial charge on any atom is -0.437 e. The van der Waals surface area contributed by atoms with Crippen LogP contribution in [0.2, 0.25) is 0 Å². The van der Waals surface area contributed by atoms with E-state index >= 15 is 0 Å². The smallest absolute Gasteiger partial charge is 0.432 e. The SMILES string of the molecule is CC(C)=CCC[C@@]1(C)OC(=O)N(n2cnnc2)[C@@]1(C)O. The molecule has 0 aliphatic carbocycles. The molecule has 0 unspecified atom stereocenters. The fraction of sp³-hybridized carbons (Fsp3) is 0.615. The molecule has 110 valence electrons. The van der Waals surface area contributed by atoms with Crippen LogP contribution in [0.25, 0.3) is 0 Å². The number of cyclic esters (lactones) is 1. The predicted octanol–water partition coefficient (Wildman–Crippen LogP) is 1.58. The number of carbonyl (C=O) groups is 1. The average molecular weight is 280 g/mol. The molecular weight excluding hydrogens is 260 g/mol. The van der Waals surface area contributed by atoms with Crippen molar-refractivity contribution in [2.24, 2.45) is 0 Å². The van der Waals surface area contributed by atoms with Gasteiger partial charge in [0.2, 0.25) is 5.72 Å². The van der Waals surface area contributed by atoms with E-state index in [-0.39, 0.29) is 0 Å². The van der Waals surface area contributed by atoms with Crippen LogP contribution in [0.1, 0.15) is 40.5 Å². The second-order valence-corrected chi connectivity index (χ2v) is 5.59. The van der Waals surface area contributed by atoms with Gasteiger partial charge in [-0.2, -0.15) is 5.01 Å². The monoisotopic (exact) mass is 280 g/mol. The van der Waals surface area contributed by atoms with Crippen LogP contribution in [0.4, 0.5) is 4.79 Å². The van der Waals surface area contributed by atoms with E-state index in [0.29, 0.717) is 6.42 Å². The maximum atomic E-state index is 12.1. The van der Waals surface area contributed by atoms with Crippen molar-refractivity contribution in [1.82, 2.24) is 14.9 Å². The van der Waals surface area contributed by atoms with Crippen LogP contribution in [-0.4, -0.2) is 37.4 Å². The molecule has 0 saturated carbocycles. The van der Waals surface area contributed by atoms with Crippen LogP contribution in [0.15, 0.2) is 24.3 Å². The lowest BCUT2D eigenvalue weighted by Crippen LogP contribution is -2.58. The highest BCUT2D eigenvalue weighted by Gasteiger charge is 2.60. The molecule has 7 heteroatoms. The number of aromatic nitrogens is 3. The Hall–Kier alpha value is -1.89. The summed E-state index contributed by atoms with van der Waals surface area (Å²) in [7, 11) is 0. The number of hydrogen-bond donors (Lipinski definition) is 1. The van der Waals surface area contributed by atoms with Gasteiger partial charge >= 0.3 is 6.09 Å². The molecule has 1 aliphatic rings. The zero-order valence-electron chi connectivity index (χ0n) is 12.2. The van der Waals surface area contributed by atoms with Crippen LogP contribution < -0.4 is 5.01 Å². The zero-order chi connectivity index (χ0) is 15.0. The summed E-state index contributed by atoms with van der Waals surface area (Å²) in [5, 5.41) is 19.2. The third-order valence-corrected chi connectivity index (χ3v) is 3.71. The van der Waals surface area contributed by atoms with Crippen LogP contribution in [0.3, 0.4) is 0 Å². The second-order valence-electron chi connectivity index (χ2n) is 5.59. The normalized spacial score (nSPS) is 29.4. The molecule has 1 aromatic rings. The highest BCUT2D eigenvalue weighted by Crippen LogP contribution is 2.39. The minimum atomic E-state index is -1.48. The summed E-state index contributed by atoms with van der Waals surface area (Å²) in [5.41, 5.74) is -1.30. The summed E-state index contributed by atoms with van der Waals surface area (Å²) in [6.45, 7) is 7.30. The molecule has 1 amide bonds. The van der Waals surface area contributed by atoms with Crippen molar-refractivity contribution in [1.29, 1.82) is 0 Å². The summed E-state index contributed by atoms with van der Waals surface area (Å²) in [6, 6.07) is 0. The lowest BCUT2D eigenvalue weighted by molar-refractivity contribution is -0.0941. The van der Waals surface area contributed by atoms with Gasteiger partial charge in [-0.15, -0.1) is 10.2 Å². The zero-order valence-corrected chi connectivity index (χ0v) is 12.2. The van der Waals surface area contributed by atoms with Crippen molar-refractivity contribution in [3.8, 4) is 0 Å². The second kappa shape index (κ2) is 4.90. The highest BCUT2D eigenvalue weighted by atomic mass is 16.6. The summed E-state index contributed by atoms with van der Waals surface area (Å²) in [6.07, 6.45) is 5.37. The fourth-order valence-corrected chi connectivity index (χ4v) is 2.28. The first-order valence-corrected chi connectivity index (χ1v) is 6.52. The Bertz CT molecular complexity index is 520. The van der Waals surface area contributed by atoms with Crippen LogP contribution >= 0.6 is 0 Å². The van der Waals surface area contributed by atoms with E-state index in [1.807, 2.05) is 13.8 Å². The lowest BCUT2D eigenvalue weighted by atomic mass is 9.89. The number of amides is 1. The van der Waals surface area contributed by atoms with Crippen molar-refractivity contribution in [3.05, 3.63) is 24.3 Å². The molecule has 20 heavy (non-hydrogen) atoms. The Kier molecular flexibility index (Phi) is 3.56. The van der Waals surface area contributed by atoms with Gasteiger partial charge in [-0.3, -0.25) is 0 Å². The van der Waals surface area contributed by atoms with E-state index in [0.717, 1.165) is 11.4 Å². The van der Waals surface area contributed by atoms with Crippen molar-refractivity contribution in [2.45, 2.75) is 51.9 Å². The van der Waals surface area contributed by atoms with Gasteiger partial charge in [0, 0.05) is 0 Å². The van der Waals surface area contributed by atoms with Gasteiger partial charge in [0.1, 0.15) is 12.7 Å². The number of carbonyl (C=O) groups excluding carboxylic acids is 1. The molecule has 0 spiro atoms. The van der Waals surface area contributed by atoms with Crippen LogP contribution in [-0.2, 0) is 4.74 Å². The molecule has 7 nitrogen and oxygen atoms in total. The maximum absolute atomic E-state index is 12.1. The van der Waals surface area contributed by atoms with Gasteiger partial charge in [0.05, 0.1) is 0 Å². The molecule has 2 heterocycles. The van der Waals surface area contributed by atoms with Gasteiger partial charge in [0.25, 0.3) is 0 Å². The number of hydrogen-bond acceptors (Lipinski definition) is 5. The number of ether oxygens (including phenoxy) is 1. The molecular formula is C13H20N4O3. The first kappa shape index (κ1) is 14.5. The van der Waals surface area contributed by atoms with Gasteiger partial charge in [-0.05, 0) is 40.5 Å². The molecule has 1 saturated heterocycles. The highest BCUT2D eigenvalue weighted by molar-refractivity contribution is 5.83. The largest absolute Gasteiger partial charge is 0.437 e. The van der Waals surface area contributed by atoms with Crippen molar-refractivity contribution in [3.63, 3.8) is 0 Å². The summed E-state index contributed by atoms with van der Waals surface area (Å²) in [5.74, 6) is 0. The van der Waals surface area contributed by atoms with Crippen molar-refractivity contribution < 1.29 is 14.6 Å². The van der Waals surface area contributed by atoms with Crippen LogP contribution in [0, 0.1) is 0 Å². The van der Waals surface area contributed by atoms with Gasteiger partial charge in [-0.1, -0.05) is 11.6 Å². The Morgan fingerprint density at radius 3 is 2.55 bits per heavy atom. The Balaban J connectivity index is 2.24. The molecule has 0 aromatic carbocycles. The third kappa shape index (κ3) is 2.29. The number of allylic oxidation sites excluding steroid dienone is 2.